The molecule has 0 rings (SSSR count). The molecule has 5 nitrogen and oxygen atoms in total. The van der Waals surface area contributed by atoms with Gasteiger partial charge in [0, 0.05) is 19.4 Å². The molecule has 0 aliphatic carbocycles. The van der Waals surface area contributed by atoms with Crippen molar-refractivity contribution in [3.8, 4) is 0 Å². The van der Waals surface area contributed by atoms with Crippen LogP contribution in [0, 0.1) is 0 Å². The van der Waals surface area contributed by atoms with Gasteiger partial charge in [-0.2, -0.15) is 0 Å². The Morgan fingerprint density at radius 3 is 1.04 bits per heavy atom. The molecule has 0 aromatic carbocycles. The van der Waals surface area contributed by atoms with Gasteiger partial charge in [-0.1, -0.05) is 218 Å². The van der Waals surface area contributed by atoms with Crippen molar-refractivity contribution in [2.45, 2.75) is 232 Å². The number of hydrogen-bond donors (Lipinski definition) is 0. The Hall–Kier alpha value is -4.22. The predicted octanol–water partition coefficient (Wildman–Crippen LogP) is 19.7. The lowest BCUT2D eigenvalue weighted by atomic mass is 10.1. The third-order valence-corrected chi connectivity index (χ3v) is 11.3. The molecule has 1 unspecified atom stereocenters. The smallest absolute Gasteiger partial charge is 0.306 e. The molecule has 0 aromatic heterocycles. The molecule has 0 spiro atoms. The van der Waals surface area contributed by atoms with Crippen molar-refractivity contribution >= 4 is 11.9 Å². The molecule has 0 N–H and O–H groups in total. The maximum Gasteiger partial charge on any atom is 0.306 e. The van der Waals surface area contributed by atoms with Gasteiger partial charge in [0.2, 0.25) is 0 Å². The van der Waals surface area contributed by atoms with Crippen LogP contribution in [0.4, 0.5) is 0 Å². The summed E-state index contributed by atoms with van der Waals surface area (Å²) >= 11 is 0. The summed E-state index contributed by atoms with van der Waals surface area (Å²) in [6.45, 7) is 7.42. The average Bonchev–Trinajstić information content (AvgIpc) is 3.36. The number of ether oxygens (including phenoxy) is 3. The van der Waals surface area contributed by atoms with Crippen molar-refractivity contribution in [3.05, 3.63) is 146 Å². The average molecular weight is 966 g/mol. The lowest BCUT2D eigenvalue weighted by Gasteiger charge is -2.18. The number of hydrogen-bond acceptors (Lipinski definition) is 5. The zero-order valence-corrected chi connectivity index (χ0v) is 45.2. The van der Waals surface area contributed by atoms with E-state index in [1.165, 1.54) is 51.4 Å². The minimum absolute atomic E-state index is 0.0373. The molecule has 0 aromatic rings. The standard InChI is InChI=1S/C65H104O5/c1-4-7-10-13-16-19-22-25-28-31-33-35-37-40-43-46-49-52-55-58-64(66)69-62-63(61-68-60-57-54-51-48-45-42-39-36-32-29-26-23-20-17-14-11-8-5-2)70-65(67)59-56-53-50-47-44-41-38-34-30-27-24-21-18-15-12-9-6-3/h7-8,10-11,16-21,25-30,33,35-36,39-40,43,45,48,63H,4-6,9,12-15,22-24,31-32,34,37-38,41-42,44,46-47,49-62H2,1-3H3/b10-7-,11-8-,19-16-,20-17-,21-18-,28-25-,29-26-,30-27-,35-33-,39-36-,43-40-,48-45-. The second-order valence-corrected chi connectivity index (χ2v) is 18.1. The zero-order valence-electron chi connectivity index (χ0n) is 45.2. The number of rotatable bonds is 50. The van der Waals surface area contributed by atoms with E-state index in [2.05, 4.69) is 167 Å². The molecule has 1 atom stereocenters. The van der Waals surface area contributed by atoms with Crippen LogP contribution < -0.4 is 0 Å². The molecular weight excluding hydrogens is 861 g/mol. The zero-order chi connectivity index (χ0) is 50.6. The molecule has 0 saturated heterocycles. The lowest BCUT2D eigenvalue weighted by molar-refractivity contribution is -0.163. The minimum Gasteiger partial charge on any atom is -0.462 e. The van der Waals surface area contributed by atoms with Gasteiger partial charge >= 0.3 is 11.9 Å². The van der Waals surface area contributed by atoms with Crippen molar-refractivity contribution in [1.82, 2.24) is 0 Å². The SMILES string of the molecule is CC/C=C\C/C=C\C/C=C\C/C=C\C/C=C\CCCCCC(=O)OCC(COCCCC/C=C\C/C=C\C/C=C\C/C=C\C/C=C\CC)OC(=O)CCCCCCCCC/C=C\C/C=C\CCCCC. The quantitative estimate of drug-likeness (QED) is 0.0345. The molecular formula is C65H104O5. The van der Waals surface area contributed by atoms with Gasteiger partial charge in [0.25, 0.3) is 0 Å². The Kier molecular flexibility index (Phi) is 55.5. The number of esters is 2. The van der Waals surface area contributed by atoms with E-state index in [0.717, 1.165) is 141 Å². The largest absolute Gasteiger partial charge is 0.462 e. The molecule has 394 valence electrons. The molecule has 0 radical (unpaired) electrons. The van der Waals surface area contributed by atoms with Crippen molar-refractivity contribution in [2.75, 3.05) is 19.8 Å². The van der Waals surface area contributed by atoms with E-state index < -0.39 is 6.10 Å². The Labute approximate surface area is 431 Å². The summed E-state index contributed by atoms with van der Waals surface area (Å²) < 4.78 is 17.4. The van der Waals surface area contributed by atoms with Gasteiger partial charge in [0.1, 0.15) is 6.61 Å². The highest BCUT2D eigenvalue weighted by molar-refractivity contribution is 5.70. The first kappa shape index (κ1) is 65.8. The molecule has 5 heteroatoms. The first-order valence-electron chi connectivity index (χ1n) is 28.4. The molecule has 0 amide bonds. The summed E-state index contributed by atoms with van der Waals surface area (Å²) in [4.78, 5) is 25.5. The second kappa shape index (κ2) is 59.1. The van der Waals surface area contributed by atoms with Crippen LogP contribution in [0.2, 0.25) is 0 Å². The van der Waals surface area contributed by atoms with Crippen LogP contribution in [0.25, 0.3) is 0 Å². The molecule has 0 aliphatic heterocycles. The van der Waals surface area contributed by atoms with Gasteiger partial charge in [0.05, 0.1) is 6.61 Å². The van der Waals surface area contributed by atoms with Gasteiger partial charge in [0.15, 0.2) is 6.10 Å². The van der Waals surface area contributed by atoms with E-state index >= 15 is 0 Å². The number of unbranched alkanes of at least 4 members (excludes halogenated alkanes) is 15. The van der Waals surface area contributed by atoms with Gasteiger partial charge < -0.3 is 14.2 Å². The van der Waals surface area contributed by atoms with E-state index in [9.17, 15) is 9.59 Å². The second-order valence-electron chi connectivity index (χ2n) is 18.1. The summed E-state index contributed by atoms with van der Waals surface area (Å²) in [5.41, 5.74) is 0. The summed E-state index contributed by atoms with van der Waals surface area (Å²) in [6, 6.07) is 0. The van der Waals surface area contributed by atoms with Crippen LogP contribution in [0.5, 0.6) is 0 Å². The van der Waals surface area contributed by atoms with Crippen LogP contribution in [-0.4, -0.2) is 37.9 Å². The Morgan fingerprint density at radius 2 is 0.643 bits per heavy atom. The normalized spacial score (nSPS) is 13.4. The molecule has 0 bridgehead atoms. The van der Waals surface area contributed by atoms with Crippen LogP contribution in [0.15, 0.2) is 146 Å². The lowest BCUT2D eigenvalue weighted by Crippen LogP contribution is -2.30. The highest BCUT2D eigenvalue weighted by atomic mass is 16.6. The summed E-state index contributed by atoms with van der Waals surface area (Å²) in [6.07, 6.45) is 85.8. The fourth-order valence-electron chi connectivity index (χ4n) is 7.18. The van der Waals surface area contributed by atoms with E-state index in [-0.39, 0.29) is 25.2 Å². The first-order valence-corrected chi connectivity index (χ1v) is 28.4. The topological polar surface area (TPSA) is 61.8 Å². The van der Waals surface area contributed by atoms with E-state index in [1.54, 1.807) is 0 Å². The van der Waals surface area contributed by atoms with Crippen molar-refractivity contribution in [1.29, 1.82) is 0 Å². The highest BCUT2D eigenvalue weighted by Gasteiger charge is 2.17. The van der Waals surface area contributed by atoms with Crippen LogP contribution in [0.3, 0.4) is 0 Å². The van der Waals surface area contributed by atoms with E-state index in [0.29, 0.717) is 19.4 Å². The van der Waals surface area contributed by atoms with E-state index in [1.807, 2.05) is 0 Å². The van der Waals surface area contributed by atoms with Gasteiger partial charge in [-0.05, 0) is 141 Å². The maximum atomic E-state index is 12.9. The third kappa shape index (κ3) is 56.4. The van der Waals surface area contributed by atoms with Gasteiger partial charge in [-0.25, -0.2) is 0 Å². The molecule has 0 heterocycles. The summed E-state index contributed by atoms with van der Waals surface area (Å²) in [5.74, 6) is -0.477. The summed E-state index contributed by atoms with van der Waals surface area (Å²) in [7, 11) is 0. The molecule has 0 fully saturated rings. The minimum atomic E-state index is -0.589. The maximum absolute atomic E-state index is 12.9. The summed E-state index contributed by atoms with van der Waals surface area (Å²) in [5, 5.41) is 0. The molecule has 0 aliphatic rings. The van der Waals surface area contributed by atoms with Gasteiger partial charge in [-0.3, -0.25) is 9.59 Å². The Balaban J connectivity index is 4.47. The number of allylic oxidation sites excluding steroid dienone is 24. The van der Waals surface area contributed by atoms with Crippen LogP contribution in [-0.2, 0) is 23.8 Å². The monoisotopic (exact) mass is 965 g/mol. The highest BCUT2D eigenvalue weighted by Crippen LogP contribution is 2.13. The number of carbonyl (C=O) groups is 2. The van der Waals surface area contributed by atoms with E-state index in [4.69, 9.17) is 14.2 Å². The van der Waals surface area contributed by atoms with Crippen molar-refractivity contribution < 1.29 is 23.8 Å². The number of carbonyl (C=O) groups excluding carboxylic acids is 2. The van der Waals surface area contributed by atoms with Crippen molar-refractivity contribution in [2.24, 2.45) is 0 Å². The Morgan fingerprint density at radius 1 is 0.329 bits per heavy atom. The predicted molar refractivity (Wildman–Crippen MR) is 306 cm³/mol. The third-order valence-electron chi connectivity index (χ3n) is 11.3. The van der Waals surface area contributed by atoms with Crippen molar-refractivity contribution in [3.63, 3.8) is 0 Å². The van der Waals surface area contributed by atoms with Crippen LogP contribution >= 0.6 is 0 Å². The Bertz CT molecular complexity index is 1510. The molecule has 70 heavy (non-hydrogen) atoms. The fraction of sp³-hybridized carbons (Fsp3) is 0.600. The first-order chi connectivity index (χ1) is 34.6. The fourth-order valence-corrected chi connectivity index (χ4v) is 7.18. The molecule has 0 saturated carbocycles. The van der Waals surface area contributed by atoms with Crippen LogP contribution in [0.1, 0.15) is 226 Å². The van der Waals surface area contributed by atoms with Gasteiger partial charge in [-0.15, -0.1) is 0 Å².